The molecule has 5 nitrogen and oxygen atoms in total. The summed E-state index contributed by atoms with van der Waals surface area (Å²) in [4.78, 5) is 13.0. The van der Waals surface area contributed by atoms with Crippen molar-refractivity contribution in [2.75, 3.05) is 19.8 Å². The quantitative estimate of drug-likeness (QED) is 0.660. The number of hydrogen-bond donors (Lipinski definition) is 1. The maximum Gasteiger partial charge on any atom is 0.237 e. The van der Waals surface area contributed by atoms with Crippen molar-refractivity contribution in [1.29, 1.82) is 5.26 Å². The van der Waals surface area contributed by atoms with E-state index in [1.54, 1.807) is 0 Å². The molecule has 2 unspecified atom stereocenters. The highest BCUT2D eigenvalue weighted by Gasteiger charge is 2.30. The topological polar surface area (TPSA) is 79.3 Å². The molecule has 0 saturated carbocycles. The van der Waals surface area contributed by atoms with Gasteiger partial charge in [0.05, 0.1) is 25.7 Å². The van der Waals surface area contributed by atoms with Gasteiger partial charge in [0.2, 0.25) is 5.91 Å². The number of carbonyl (C=O) groups is 1. The van der Waals surface area contributed by atoms with E-state index in [-0.39, 0.29) is 18.0 Å². The Kier molecular flexibility index (Phi) is 3.86. The molecule has 2 atom stereocenters. The predicted octanol–water partition coefficient (Wildman–Crippen LogP) is -0.525. The smallest absolute Gasteiger partial charge is 0.237 e. The molecule has 0 aliphatic carbocycles. The Morgan fingerprint density at radius 1 is 1.86 bits per heavy atom. The minimum atomic E-state index is -0.382. The van der Waals surface area contributed by atoms with Crippen molar-refractivity contribution in [1.82, 2.24) is 4.90 Å². The highest BCUT2D eigenvalue weighted by atomic mass is 16.5. The minimum Gasteiger partial charge on any atom is -0.378 e. The number of carbonyl (C=O) groups excluding carboxylic acids is 1. The van der Waals surface area contributed by atoms with Crippen molar-refractivity contribution in [3.05, 3.63) is 0 Å². The van der Waals surface area contributed by atoms with Gasteiger partial charge in [-0.15, -0.1) is 0 Å². The number of hydrogen-bond acceptors (Lipinski definition) is 4. The third-order valence-electron chi connectivity index (χ3n) is 2.45. The second-order valence-corrected chi connectivity index (χ2v) is 3.44. The molecule has 2 N–H and O–H groups in total. The number of ether oxygens (including phenoxy) is 1. The summed E-state index contributed by atoms with van der Waals surface area (Å²) in [7, 11) is 0. The Labute approximate surface area is 83.4 Å². The molecule has 1 heterocycles. The number of primary amides is 1. The van der Waals surface area contributed by atoms with Crippen LogP contribution in [0, 0.1) is 11.3 Å². The molecule has 14 heavy (non-hydrogen) atoms. The average molecular weight is 197 g/mol. The lowest BCUT2D eigenvalue weighted by atomic mass is 10.1. The maximum absolute atomic E-state index is 11.1. The highest BCUT2D eigenvalue weighted by molar-refractivity contribution is 5.80. The first kappa shape index (κ1) is 11.0. The van der Waals surface area contributed by atoms with Crippen LogP contribution in [-0.2, 0) is 9.53 Å². The van der Waals surface area contributed by atoms with Crippen LogP contribution in [0.4, 0.5) is 0 Å². The predicted molar refractivity (Wildman–Crippen MR) is 50.2 cm³/mol. The van der Waals surface area contributed by atoms with Crippen LogP contribution in [0.3, 0.4) is 0 Å². The molecule has 1 saturated heterocycles. The summed E-state index contributed by atoms with van der Waals surface area (Å²) < 4.78 is 5.18. The summed E-state index contributed by atoms with van der Waals surface area (Å²) in [5.41, 5.74) is 5.25. The molecule has 0 spiro atoms. The fourth-order valence-corrected chi connectivity index (χ4v) is 1.64. The Balaban J connectivity index is 2.63. The molecule has 0 aromatic heterocycles. The van der Waals surface area contributed by atoms with Gasteiger partial charge in [0.25, 0.3) is 0 Å². The zero-order chi connectivity index (χ0) is 10.6. The summed E-state index contributed by atoms with van der Waals surface area (Å²) in [5.74, 6) is -0.380. The Morgan fingerprint density at radius 2 is 2.57 bits per heavy atom. The van der Waals surface area contributed by atoms with Crippen molar-refractivity contribution in [3.8, 4) is 6.07 Å². The molecule has 1 aliphatic rings. The van der Waals surface area contributed by atoms with Crippen LogP contribution < -0.4 is 5.73 Å². The molecule has 5 heteroatoms. The molecule has 0 aromatic rings. The zero-order valence-electron chi connectivity index (χ0n) is 8.27. The summed E-state index contributed by atoms with van der Waals surface area (Å²) in [6.07, 6.45) is 0.407. The van der Waals surface area contributed by atoms with Crippen molar-refractivity contribution >= 4 is 5.91 Å². The minimum absolute atomic E-state index is 0.0569. The first-order valence-electron chi connectivity index (χ1n) is 4.66. The Morgan fingerprint density at radius 3 is 3.14 bits per heavy atom. The zero-order valence-corrected chi connectivity index (χ0v) is 8.27. The molecule has 78 valence electrons. The lowest BCUT2D eigenvalue weighted by Crippen LogP contribution is -2.55. The van der Waals surface area contributed by atoms with Gasteiger partial charge in [-0.05, 0) is 6.92 Å². The van der Waals surface area contributed by atoms with Gasteiger partial charge in [0.1, 0.15) is 6.04 Å². The fourth-order valence-electron chi connectivity index (χ4n) is 1.64. The maximum atomic E-state index is 11.1. The van der Waals surface area contributed by atoms with Crippen LogP contribution in [-0.4, -0.2) is 42.6 Å². The number of nitrogens with two attached hydrogens (primary N) is 1. The average Bonchev–Trinajstić information content (AvgIpc) is 2.18. The molecule has 1 aliphatic heterocycles. The van der Waals surface area contributed by atoms with Crippen LogP contribution >= 0.6 is 0 Å². The van der Waals surface area contributed by atoms with Crippen molar-refractivity contribution < 1.29 is 9.53 Å². The summed E-state index contributed by atoms with van der Waals surface area (Å²) in [5, 5.41) is 8.57. The van der Waals surface area contributed by atoms with Gasteiger partial charge in [-0.1, -0.05) is 0 Å². The van der Waals surface area contributed by atoms with Gasteiger partial charge in [0.15, 0.2) is 0 Å². The van der Waals surface area contributed by atoms with Crippen molar-refractivity contribution in [3.63, 3.8) is 0 Å². The van der Waals surface area contributed by atoms with E-state index < -0.39 is 0 Å². The van der Waals surface area contributed by atoms with Crippen LogP contribution in [0.25, 0.3) is 0 Å². The van der Waals surface area contributed by atoms with Crippen LogP contribution in [0.2, 0.25) is 0 Å². The van der Waals surface area contributed by atoms with E-state index in [0.29, 0.717) is 26.2 Å². The first-order chi connectivity index (χ1) is 6.66. The SMILES string of the molecule is CC(CC#N)N1CCOCC1C(N)=O. The van der Waals surface area contributed by atoms with Gasteiger partial charge in [-0.25, -0.2) is 0 Å². The van der Waals surface area contributed by atoms with Gasteiger partial charge < -0.3 is 10.5 Å². The summed E-state index contributed by atoms with van der Waals surface area (Å²) in [6, 6.07) is 1.76. The van der Waals surface area contributed by atoms with E-state index in [2.05, 4.69) is 6.07 Å². The Bertz CT molecular complexity index is 249. The van der Waals surface area contributed by atoms with Gasteiger partial charge in [-0.3, -0.25) is 9.69 Å². The number of amides is 1. The standard InChI is InChI=1S/C9H15N3O2/c1-7(2-3-10)12-4-5-14-6-8(12)9(11)13/h7-8H,2,4-6H2,1H3,(H2,11,13). The molecular formula is C9H15N3O2. The summed E-state index contributed by atoms with van der Waals surface area (Å²) >= 11 is 0. The number of rotatable bonds is 3. The van der Waals surface area contributed by atoms with Crippen LogP contribution in [0.15, 0.2) is 0 Å². The van der Waals surface area contributed by atoms with E-state index >= 15 is 0 Å². The molecule has 1 rings (SSSR count). The van der Waals surface area contributed by atoms with E-state index in [1.165, 1.54) is 0 Å². The van der Waals surface area contributed by atoms with Gasteiger partial charge >= 0.3 is 0 Å². The van der Waals surface area contributed by atoms with E-state index in [1.807, 2.05) is 11.8 Å². The lowest BCUT2D eigenvalue weighted by Gasteiger charge is -2.36. The molecule has 1 amide bonds. The Hall–Kier alpha value is -1.12. The van der Waals surface area contributed by atoms with E-state index in [0.717, 1.165) is 0 Å². The van der Waals surface area contributed by atoms with E-state index in [9.17, 15) is 4.79 Å². The van der Waals surface area contributed by atoms with Gasteiger partial charge in [0, 0.05) is 12.6 Å². The van der Waals surface area contributed by atoms with E-state index in [4.69, 9.17) is 15.7 Å². The second-order valence-electron chi connectivity index (χ2n) is 3.44. The summed E-state index contributed by atoms with van der Waals surface area (Å²) in [6.45, 7) is 3.52. The second kappa shape index (κ2) is 4.94. The fraction of sp³-hybridized carbons (Fsp3) is 0.778. The highest BCUT2D eigenvalue weighted by Crippen LogP contribution is 2.12. The monoisotopic (exact) mass is 197 g/mol. The van der Waals surface area contributed by atoms with Crippen LogP contribution in [0.1, 0.15) is 13.3 Å². The van der Waals surface area contributed by atoms with Crippen molar-refractivity contribution in [2.24, 2.45) is 5.73 Å². The number of nitrogens with zero attached hydrogens (tertiary/aromatic N) is 2. The lowest BCUT2D eigenvalue weighted by molar-refractivity contribution is -0.130. The third kappa shape index (κ3) is 2.44. The normalized spacial score (nSPS) is 25.3. The molecule has 0 radical (unpaired) electrons. The largest absolute Gasteiger partial charge is 0.378 e. The van der Waals surface area contributed by atoms with Gasteiger partial charge in [-0.2, -0.15) is 5.26 Å². The number of morpholine rings is 1. The third-order valence-corrected chi connectivity index (χ3v) is 2.45. The number of nitriles is 1. The van der Waals surface area contributed by atoms with Crippen LogP contribution in [0.5, 0.6) is 0 Å². The first-order valence-corrected chi connectivity index (χ1v) is 4.66. The molecular weight excluding hydrogens is 182 g/mol. The van der Waals surface area contributed by atoms with Crippen molar-refractivity contribution in [2.45, 2.75) is 25.4 Å². The molecule has 0 bridgehead atoms. The molecule has 1 fully saturated rings. The molecule has 0 aromatic carbocycles.